The molecule has 1 aromatic heterocycles. The number of benzene rings is 2. The lowest BCUT2D eigenvalue weighted by atomic mass is 9.99. The molecule has 0 radical (unpaired) electrons. The van der Waals surface area contributed by atoms with Crippen molar-refractivity contribution in [2.24, 2.45) is 5.92 Å². The first kappa shape index (κ1) is 26.1. The summed E-state index contributed by atoms with van der Waals surface area (Å²) in [5.41, 5.74) is 5.72. The lowest BCUT2D eigenvalue weighted by Gasteiger charge is -2.30. The largest absolute Gasteiger partial charge is 0.389 e. The average Bonchev–Trinajstić information content (AvgIpc) is 3.31. The summed E-state index contributed by atoms with van der Waals surface area (Å²) in [4.78, 5) is 4.61. The van der Waals surface area contributed by atoms with E-state index in [1.807, 2.05) is 18.2 Å². The third-order valence-corrected chi connectivity index (χ3v) is 6.65. The van der Waals surface area contributed by atoms with Gasteiger partial charge in [-0.05, 0) is 36.4 Å². The number of anilines is 1. The van der Waals surface area contributed by atoms with Crippen molar-refractivity contribution in [3.63, 3.8) is 0 Å². The SMILES string of the molecule is C=CCOCC(O)CN(CCC(C)C)Cc1c(-c2ccccc2)noc1N1CCc2ccccc2C1. The molecule has 1 aliphatic rings. The molecule has 0 saturated carbocycles. The monoisotopic (exact) mass is 489 g/mol. The van der Waals surface area contributed by atoms with Crippen LogP contribution in [0, 0.1) is 5.92 Å². The number of aromatic nitrogens is 1. The molecule has 2 heterocycles. The molecule has 4 rings (SSSR count). The maximum Gasteiger partial charge on any atom is 0.232 e. The first-order valence-corrected chi connectivity index (χ1v) is 13.0. The Bertz CT molecular complexity index is 1100. The Labute approximate surface area is 215 Å². The molecular weight excluding hydrogens is 450 g/mol. The van der Waals surface area contributed by atoms with E-state index in [4.69, 9.17) is 9.26 Å². The molecule has 192 valence electrons. The van der Waals surface area contributed by atoms with Gasteiger partial charge in [-0.15, -0.1) is 6.58 Å². The van der Waals surface area contributed by atoms with Crippen LogP contribution in [-0.2, 0) is 24.2 Å². The lowest BCUT2D eigenvalue weighted by Crippen LogP contribution is -2.36. The minimum atomic E-state index is -0.581. The van der Waals surface area contributed by atoms with Gasteiger partial charge >= 0.3 is 0 Å². The molecule has 3 aromatic rings. The second-order valence-corrected chi connectivity index (χ2v) is 10.0. The first-order valence-electron chi connectivity index (χ1n) is 13.0. The predicted molar refractivity (Wildman–Crippen MR) is 145 cm³/mol. The van der Waals surface area contributed by atoms with Crippen LogP contribution in [0.3, 0.4) is 0 Å². The zero-order valence-corrected chi connectivity index (χ0v) is 21.6. The molecule has 0 saturated heterocycles. The van der Waals surface area contributed by atoms with Crippen LogP contribution >= 0.6 is 0 Å². The zero-order valence-electron chi connectivity index (χ0n) is 21.6. The van der Waals surface area contributed by atoms with Crippen molar-refractivity contribution in [1.82, 2.24) is 10.1 Å². The van der Waals surface area contributed by atoms with Crippen LogP contribution in [-0.4, -0.2) is 54.1 Å². The van der Waals surface area contributed by atoms with E-state index < -0.39 is 6.10 Å². The maximum atomic E-state index is 10.7. The fraction of sp³-hybridized carbons (Fsp3) is 0.433. The molecule has 1 unspecified atom stereocenters. The van der Waals surface area contributed by atoms with Crippen LogP contribution in [0.4, 0.5) is 5.88 Å². The van der Waals surface area contributed by atoms with Crippen LogP contribution < -0.4 is 4.90 Å². The van der Waals surface area contributed by atoms with Gasteiger partial charge in [0, 0.05) is 31.7 Å². The summed E-state index contributed by atoms with van der Waals surface area (Å²) in [6.07, 6.45) is 3.14. The second-order valence-electron chi connectivity index (χ2n) is 10.0. The van der Waals surface area contributed by atoms with E-state index in [0.717, 1.165) is 55.2 Å². The molecule has 1 N–H and O–H groups in total. The highest BCUT2D eigenvalue weighted by Crippen LogP contribution is 2.35. The minimum absolute atomic E-state index is 0.287. The number of aliphatic hydroxyl groups is 1. The Hall–Kier alpha value is -2.93. The quantitative estimate of drug-likeness (QED) is 0.259. The summed E-state index contributed by atoms with van der Waals surface area (Å²) < 4.78 is 11.6. The number of hydrogen-bond donors (Lipinski definition) is 1. The molecule has 6 heteroatoms. The van der Waals surface area contributed by atoms with Gasteiger partial charge in [0.15, 0.2) is 0 Å². The summed E-state index contributed by atoms with van der Waals surface area (Å²) >= 11 is 0. The van der Waals surface area contributed by atoms with Crippen molar-refractivity contribution in [3.8, 4) is 11.3 Å². The molecule has 0 spiro atoms. The van der Waals surface area contributed by atoms with Gasteiger partial charge in [-0.25, -0.2) is 0 Å². The molecule has 1 atom stereocenters. The van der Waals surface area contributed by atoms with E-state index >= 15 is 0 Å². The summed E-state index contributed by atoms with van der Waals surface area (Å²) in [6, 6.07) is 18.8. The topological polar surface area (TPSA) is 62.0 Å². The summed E-state index contributed by atoms with van der Waals surface area (Å²) in [6.45, 7) is 12.6. The molecule has 0 fully saturated rings. The van der Waals surface area contributed by atoms with E-state index in [9.17, 15) is 5.11 Å². The molecule has 2 aromatic carbocycles. The van der Waals surface area contributed by atoms with Crippen LogP contribution in [0.2, 0.25) is 0 Å². The number of ether oxygens (including phenoxy) is 1. The van der Waals surface area contributed by atoms with Gasteiger partial charge in [0.1, 0.15) is 5.69 Å². The fourth-order valence-electron chi connectivity index (χ4n) is 4.72. The van der Waals surface area contributed by atoms with Gasteiger partial charge < -0.3 is 19.3 Å². The number of hydrogen-bond acceptors (Lipinski definition) is 6. The molecular formula is C30H39N3O3. The van der Waals surface area contributed by atoms with Gasteiger partial charge in [-0.2, -0.15) is 0 Å². The van der Waals surface area contributed by atoms with Crippen molar-refractivity contribution in [3.05, 3.63) is 83.9 Å². The van der Waals surface area contributed by atoms with Gasteiger partial charge in [0.2, 0.25) is 5.88 Å². The fourth-order valence-corrected chi connectivity index (χ4v) is 4.72. The first-order chi connectivity index (χ1) is 17.5. The number of aliphatic hydroxyl groups excluding tert-OH is 1. The summed E-state index contributed by atoms with van der Waals surface area (Å²) in [5, 5.41) is 15.3. The summed E-state index contributed by atoms with van der Waals surface area (Å²) in [5.74, 6) is 1.39. The van der Waals surface area contributed by atoms with Gasteiger partial charge in [-0.3, -0.25) is 4.90 Å². The second kappa shape index (κ2) is 12.9. The van der Waals surface area contributed by atoms with Crippen molar-refractivity contribution in [2.75, 3.05) is 37.7 Å². The molecule has 6 nitrogen and oxygen atoms in total. The van der Waals surface area contributed by atoms with Crippen molar-refractivity contribution < 1.29 is 14.4 Å². The summed E-state index contributed by atoms with van der Waals surface area (Å²) in [7, 11) is 0. The average molecular weight is 490 g/mol. The smallest absolute Gasteiger partial charge is 0.232 e. The molecule has 1 aliphatic heterocycles. The van der Waals surface area contributed by atoms with E-state index in [1.54, 1.807) is 6.08 Å². The van der Waals surface area contributed by atoms with Crippen molar-refractivity contribution in [1.29, 1.82) is 0 Å². The highest BCUT2D eigenvalue weighted by atomic mass is 16.5. The zero-order chi connectivity index (χ0) is 25.3. The number of fused-ring (bicyclic) bond motifs is 1. The van der Waals surface area contributed by atoms with Gasteiger partial charge in [0.05, 0.1) is 24.9 Å². The lowest BCUT2D eigenvalue weighted by molar-refractivity contribution is 0.0237. The van der Waals surface area contributed by atoms with Gasteiger partial charge in [0.25, 0.3) is 0 Å². The van der Waals surface area contributed by atoms with E-state index in [2.05, 4.69) is 71.8 Å². The van der Waals surface area contributed by atoms with Crippen molar-refractivity contribution in [2.45, 2.75) is 45.9 Å². The highest BCUT2D eigenvalue weighted by molar-refractivity contribution is 5.68. The third kappa shape index (κ3) is 6.84. The Morgan fingerprint density at radius 3 is 2.64 bits per heavy atom. The molecule has 0 amide bonds. The Kier molecular flexibility index (Phi) is 9.34. The van der Waals surface area contributed by atoms with Crippen LogP contribution in [0.5, 0.6) is 0 Å². The van der Waals surface area contributed by atoms with Crippen LogP contribution in [0.25, 0.3) is 11.3 Å². The normalized spacial score (nSPS) is 14.3. The Morgan fingerprint density at radius 2 is 1.89 bits per heavy atom. The third-order valence-electron chi connectivity index (χ3n) is 6.65. The van der Waals surface area contributed by atoms with E-state index in [0.29, 0.717) is 25.6 Å². The minimum Gasteiger partial charge on any atom is -0.389 e. The number of rotatable bonds is 13. The van der Waals surface area contributed by atoms with Crippen LogP contribution in [0.1, 0.15) is 37.0 Å². The van der Waals surface area contributed by atoms with Crippen LogP contribution in [0.15, 0.2) is 71.8 Å². The van der Waals surface area contributed by atoms with Crippen molar-refractivity contribution >= 4 is 5.88 Å². The standard InChI is InChI=1S/C30H39N3O3/c1-4-18-35-22-27(34)20-32(16-14-23(2)3)21-28-29(25-11-6-5-7-12-25)31-36-30(28)33-17-15-24-10-8-9-13-26(24)19-33/h4-13,23,27,34H,1,14-22H2,2-3H3. The molecule has 0 bridgehead atoms. The molecule has 36 heavy (non-hydrogen) atoms. The highest BCUT2D eigenvalue weighted by Gasteiger charge is 2.27. The van der Waals surface area contributed by atoms with E-state index in [-0.39, 0.29) is 6.61 Å². The predicted octanol–water partition coefficient (Wildman–Crippen LogP) is 5.32. The van der Waals surface area contributed by atoms with Gasteiger partial charge in [-0.1, -0.05) is 79.7 Å². The number of nitrogens with zero attached hydrogens (tertiary/aromatic N) is 3. The van der Waals surface area contributed by atoms with E-state index in [1.165, 1.54) is 11.1 Å². The Morgan fingerprint density at radius 1 is 1.14 bits per heavy atom. The maximum absolute atomic E-state index is 10.7. The molecule has 0 aliphatic carbocycles. The Balaban J connectivity index is 1.62.